The number of nitrogens with one attached hydrogen (secondary N) is 1. The molecule has 0 aliphatic heterocycles. The number of hydrogen-bond donors (Lipinski definition) is 3. The summed E-state index contributed by atoms with van der Waals surface area (Å²) in [5, 5.41) is 23.3. The van der Waals surface area contributed by atoms with Crippen molar-refractivity contribution in [1.82, 2.24) is 5.32 Å². The van der Waals surface area contributed by atoms with Crippen molar-refractivity contribution in [2.75, 3.05) is 13.2 Å². The second kappa shape index (κ2) is 74.8. The number of ether oxygens (including phenoxy) is 1. The van der Waals surface area contributed by atoms with E-state index in [1.54, 1.807) is 6.08 Å². The second-order valence-electron chi connectivity index (χ2n) is 27.0. The molecule has 504 valence electrons. The van der Waals surface area contributed by atoms with Gasteiger partial charge in [0.25, 0.3) is 0 Å². The predicted molar refractivity (Wildman–Crippen MR) is 375 cm³/mol. The molecular formula is C79H153NO5. The molecule has 6 heteroatoms. The first kappa shape index (κ1) is 83.3. The first-order chi connectivity index (χ1) is 42.0. The number of allylic oxidation sites excluding steroid dienone is 3. The van der Waals surface area contributed by atoms with Crippen LogP contribution in [-0.4, -0.2) is 47.4 Å². The number of amides is 1. The van der Waals surface area contributed by atoms with E-state index in [1.165, 1.54) is 379 Å². The van der Waals surface area contributed by atoms with Crippen molar-refractivity contribution in [3.8, 4) is 0 Å². The van der Waals surface area contributed by atoms with Crippen LogP contribution >= 0.6 is 0 Å². The maximum Gasteiger partial charge on any atom is 0.305 e. The number of esters is 1. The topological polar surface area (TPSA) is 95.9 Å². The molecule has 0 aromatic heterocycles. The number of carbonyl (C=O) groups is 2. The summed E-state index contributed by atoms with van der Waals surface area (Å²) < 4.78 is 5.52. The summed E-state index contributed by atoms with van der Waals surface area (Å²) in [6, 6.07) is -0.631. The molecule has 0 fully saturated rings. The number of hydrogen-bond acceptors (Lipinski definition) is 5. The molecule has 0 radical (unpaired) electrons. The summed E-state index contributed by atoms with van der Waals surface area (Å²) in [6.07, 6.45) is 95.7. The predicted octanol–water partition coefficient (Wildman–Crippen LogP) is 25.7. The first-order valence-electron chi connectivity index (χ1n) is 39.1. The first-order valence-corrected chi connectivity index (χ1v) is 39.1. The van der Waals surface area contributed by atoms with Gasteiger partial charge in [-0.25, -0.2) is 0 Å². The van der Waals surface area contributed by atoms with Crippen LogP contribution in [-0.2, 0) is 14.3 Å². The molecule has 0 aromatic rings. The zero-order chi connectivity index (χ0) is 61.3. The van der Waals surface area contributed by atoms with E-state index in [1.807, 2.05) is 6.08 Å². The fraction of sp³-hybridized carbons (Fsp3) is 0.924. The van der Waals surface area contributed by atoms with Gasteiger partial charge in [0.15, 0.2) is 0 Å². The Morgan fingerprint density at radius 3 is 0.835 bits per heavy atom. The second-order valence-corrected chi connectivity index (χ2v) is 27.0. The maximum absolute atomic E-state index is 12.5. The Bertz CT molecular complexity index is 1330. The average molecular weight is 1200 g/mol. The SMILES string of the molecule is CCCCCCCCCCCCCCCCCCCCCCC/C=C/C(O)C(CO)NC(=O)CCCCCCCCCCCC/C=C\CCCCCCCCCCCCCCOC(=O)CCCCCCCCCCCCCCCCCCCCC. The van der Waals surface area contributed by atoms with Crippen LogP contribution in [0.2, 0.25) is 0 Å². The molecule has 0 aliphatic rings. The molecule has 6 nitrogen and oxygen atoms in total. The van der Waals surface area contributed by atoms with Crippen LogP contribution < -0.4 is 5.32 Å². The Morgan fingerprint density at radius 2 is 0.553 bits per heavy atom. The molecule has 1 amide bonds. The maximum atomic E-state index is 12.5. The van der Waals surface area contributed by atoms with Gasteiger partial charge in [-0.2, -0.15) is 0 Å². The largest absolute Gasteiger partial charge is 0.466 e. The fourth-order valence-corrected chi connectivity index (χ4v) is 12.5. The van der Waals surface area contributed by atoms with Gasteiger partial charge >= 0.3 is 5.97 Å². The van der Waals surface area contributed by atoms with Crippen LogP contribution in [0.5, 0.6) is 0 Å². The molecule has 0 saturated carbocycles. The van der Waals surface area contributed by atoms with Crippen molar-refractivity contribution in [2.24, 2.45) is 0 Å². The van der Waals surface area contributed by atoms with E-state index in [9.17, 15) is 19.8 Å². The van der Waals surface area contributed by atoms with E-state index in [4.69, 9.17) is 4.74 Å². The third-order valence-corrected chi connectivity index (χ3v) is 18.5. The van der Waals surface area contributed by atoms with Crippen molar-refractivity contribution >= 4 is 11.9 Å². The lowest BCUT2D eigenvalue weighted by molar-refractivity contribution is -0.143. The highest BCUT2D eigenvalue weighted by molar-refractivity contribution is 5.76. The smallest absolute Gasteiger partial charge is 0.305 e. The molecule has 0 spiro atoms. The van der Waals surface area contributed by atoms with E-state index in [-0.39, 0.29) is 18.5 Å². The van der Waals surface area contributed by atoms with Gasteiger partial charge in [0.1, 0.15) is 0 Å². The Balaban J connectivity index is 3.39. The highest BCUT2D eigenvalue weighted by atomic mass is 16.5. The molecular weight excluding hydrogens is 1040 g/mol. The molecule has 0 saturated heterocycles. The third-order valence-electron chi connectivity index (χ3n) is 18.5. The zero-order valence-corrected chi connectivity index (χ0v) is 57.9. The molecule has 2 atom stereocenters. The fourth-order valence-electron chi connectivity index (χ4n) is 12.5. The summed E-state index contributed by atoms with van der Waals surface area (Å²) in [6.45, 7) is 4.96. The summed E-state index contributed by atoms with van der Waals surface area (Å²) in [4.78, 5) is 24.7. The van der Waals surface area contributed by atoms with Crippen molar-refractivity contribution in [1.29, 1.82) is 0 Å². The van der Waals surface area contributed by atoms with E-state index in [0.29, 0.717) is 19.4 Å². The molecule has 0 heterocycles. The van der Waals surface area contributed by atoms with Gasteiger partial charge < -0.3 is 20.3 Å². The number of rotatable bonds is 74. The van der Waals surface area contributed by atoms with Crippen LogP contribution in [0.3, 0.4) is 0 Å². The Hall–Kier alpha value is -1.66. The van der Waals surface area contributed by atoms with Crippen LogP contribution in [0.4, 0.5) is 0 Å². The average Bonchev–Trinajstić information content (AvgIpc) is 3.51. The lowest BCUT2D eigenvalue weighted by Crippen LogP contribution is -2.45. The summed E-state index contributed by atoms with van der Waals surface area (Å²) >= 11 is 0. The standard InChI is InChI=1S/C79H153NO5/c1-3-5-7-9-11-13-15-17-19-21-23-24-29-32-36-39-43-47-51-55-59-63-67-71-77(82)76(75-81)80-78(83)72-68-64-60-56-52-48-44-40-37-33-30-27-25-26-28-31-34-38-42-46-50-54-58-62-66-70-74-85-79(84)73-69-65-61-57-53-49-45-41-35-22-20-18-16-14-12-10-8-6-4-2/h25,27,67,71,76-77,81-82H,3-24,26,28-66,68-70,72-75H2,1-2H3,(H,80,83)/b27-25-,71-67+. The normalized spacial score (nSPS) is 12.6. The zero-order valence-electron chi connectivity index (χ0n) is 57.9. The number of unbranched alkanes of at least 4 members (excludes halogenated alkanes) is 61. The number of aliphatic hydroxyl groups is 2. The van der Waals surface area contributed by atoms with Gasteiger partial charge in [0.05, 0.1) is 25.4 Å². The molecule has 85 heavy (non-hydrogen) atoms. The van der Waals surface area contributed by atoms with Crippen LogP contribution in [0.25, 0.3) is 0 Å². The van der Waals surface area contributed by atoms with E-state index in [2.05, 4.69) is 31.3 Å². The van der Waals surface area contributed by atoms with Crippen molar-refractivity contribution in [3.63, 3.8) is 0 Å². The Morgan fingerprint density at radius 1 is 0.318 bits per heavy atom. The Labute approximate surface area is 532 Å². The minimum atomic E-state index is -0.847. The minimum absolute atomic E-state index is 0.0199. The van der Waals surface area contributed by atoms with Gasteiger partial charge in [-0.3, -0.25) is 9.59 Å². The van der Waals surface area contributed by atoms with Gasteiger partial charge in [-0.15, -0.1) is 0 Å². The van der Waals surface area contributed by atoms with Crippen molar-refractivity contribution in [2.45, 2.75) is 456 Å². The van der Waals surface area contributed by atoms with E-state index < -0.39 is 12.1 Å². The summed E-state index contributed by atoms with van der Waals surface area (Å²) in [5.74, 6) is -0.0450. The molecule has 0 aromatic carbocycles. The van der Waals surface area contributed by atoms with Crippen molar-refractivity contribution in [3.05, 3.63) is 24.3 Å². The lowest BCUT2D eigenvalue weighted by atomic mass is 10.0. The van der Waals surface area contributed by atoms with Crippen LogP contribution in [0.1, 0.15) is 444 Å². The van der Waals surface area contributed by atoms with Crippen LogP contribution in [0.15, 0.2) is 24.3 Å². The summed E-state index contributed by atoms with van der Waals surface area (Å²) in [7, 11) is 0. The van der Waals surface area contributed by atoms with Gasteiger partial charge in [-0.1, -0.05) is 398 Å². The highest BCUT2D eigenvalue weighted by Gasteiger charge is 2.18. The third kappa shape index (κ3) is 71.3. The number of carbonyl (C=O) groups excluding carboxylic acids is 2. The lowest BCUT2D eigenvalue weighted by Gasteiger charge is -2.20. The molecule has 2 unspecified atom stereocenters. The van der Waals surface area contributed by atoms with Gasteiger partial charge in [-0.05, 0) is 57.8 Å². The van der Waals surface area contributed by atoms with E-state index >= 15 is 0 Å². The van der Waals surface area contributed by atoms with Crippen molar-refractivity contribution < 1.29 is 24.5 Å². The van der Waals surface area contributed by atoms with Crippen LogP contribution in [0, 0.1) is 0 Å². The Kier molecular flexibility index (Phi) is 73.3. The molecule has 0 rings (SSSR count). The number of aliphatic hydroxyl groups excluding tert-OH is 2. The van der Waals surface area contributed by atoms with Gasteiger partial charge in [0, 0.05) is 12.8 Å². The minimum Gasteiger partial charge on any atom is -0.466 e. The van der Waals surface area contributed by atoms with Gasteiger partial charge in [0.2, 0.25) is 5.91 Å². The quantitative estimate of drug-likeness (QED) is 0.0320. The summed E-state index contributed by atoms with van der Waals surface area (Å²) in [5.41, 5.74) is 0. The highest BCUT2D eigenvalue weighted by Crippen LogP contribution is 2.20. The molecule has 0 aliphatic carbocycles. The molecule has 0 bridgehead atoms. The monoisotopic (exact) mass is 1200 g/mol. The van der Waals surface area contributed by atoms with E-state index in [0.717, 1.165) is 38.5 Å². The molecule has 3 N–H and O–H groups in total.